The molecule has 55 heavy (non-hydrogen) atoms. The van der Waals surface area contributed by atoms with E-state index in [1.807, 2.05) is 84.9 Å². The van der Waals surface area contributed by atoms with Gasteiger partial charge in [-0.3, -0.25) is 0 Å². The first kappa shape index (κ1) is 32.1. The fraction of sp³-hybridized carbons (Fsp3) is 0. The first-order valence-corrected chi connectivity index (χ1v) is 18.3. The fourth-order valence-electron chi connectivity index (χ4n) is 7.62. The summed E-state index contributed by atoms with van der Waals surface area (Å²) in [5, 5.41) is 13.7. The molecular weight excluding hydrogens is 671 g/mol. The average molecular weight is 702 g/mol. The van der Waals surface area contributed by atoms with Crippen molar-refractivity contribution in [2.75, 3.05) is 0 Å². The molecule has 0 saturated heterocycles. The standard InChI is InChI=1S/C51H31N3O/c52-32-33-21-23-35(24-22-33)41-19-10-20-48-49(41)45-30-44(42-17-7-8-18-43(42)50(45)55-48)40-16-9-15-39(29-40)34-25-27-37(28-26-34)47-31-46(36-11-3-1-4-12-36)53-51(54-47)38-13-5-2-6-14-38/h1-31H. The molecule has 0 aliphatic carbocycles. The summed E-state index contributed by atoms with van der Waals surface area (Å²) in [6.45, 7) is 0. The van der Waals surface area contributed by atoms with Gasteiger partial charge < -0.3 is 4.42 Å². The molecule has 4 nitrogen and oxygen atoms in total. The molecule has 0 radical (unpaired) electrons. The lowest BCUT2D eigenvalue weighted by molar-refractivity contribution is 0.673. The molecule has 4 heteroatoms. The van der Waals surface area contributed by atoms with Crippen molar-refractivity contribution in [3.05, 3.63) is 194 Å². The number of aromatic nitrogens is 2. The zero-order valence-electron chi connectivity index (χ0n) is 29.6. The van der Waals surface area contributed by atoms with Crippen LogP contribution in [0.1, 0.15) is 5.56 Å². The second-order valence-corrected chi connectivity index (χ2v) is 13.7. The summed E-state index contributed by atoms with van der Waals surface area (Å²) in [4.78, 5) is 9.98. The Labute approximate surface area is 318 Å². The van der Waals surface area contributed by atoms with Gasteiger partial charge in [-0.25, -0.2) is 9.97 Å². The minimum atomic E-state index is 0.638. The monoisotopic (exact) mass is 701 g/mol. The van der Waals surface area contributed by atoms with E-state index in [9.17, 15) is 5.26 Å². The predicted molar refractivity (Wildman–Crippen MR) is 224 cm³/mol. The van der Waals surface area contributed by atoms with Crippen molar-refractivity contribution in [2.45, 2.75) is 0 Å². The molecule has 0 N–H and O–H groups in total. The Bertz CT molecular complexity index is 3010. The molecular formula is C51H31N3O. The summed E-state index contributed by atoms with van der Waals surface area (Å²) in [6.07, 6.45) is 0. The predicted octanol–water partition coefficient (Wildman–Crippen LogP) is 13.4. The van der Waals surface area contributed by atoms with E-state index in [2.05, 4.69) is 109 Å². The Kier molecular flexibility index (Phi) is 7.83. The topological polar surface area (TPSA) is 62.7 Å². The van der Waals surface area contributed by atoms with Crippen LogP contribution in [0.2, 0.25) is 0 Å². The summed E-state index contributed by atoms with van der Waals surface area (Å²) in [5.41, 5.74) is 13.8. The molecule has 8 aromatic carbocycles. The van der Waals surface area contributed by atoms with Crippen LogP contribution >= 0.6 is 0 Å². The summed E-state index contributed by atoms with van der Waals surface area (Å²) >= 11 is 0. The van der Waals surface area contributed by atoms with E-state index in [0.717, 1.165) is 94.2 Å². The van der Waals surface area contributed by atoms with Crippen LogP contribution in [-0.2, 0) is 0 Å². The van der Waals surface area contributed by atoms with Crippen LogP contribution in [0, 0.1) is 11.3 Å². The van der Waals surface area contributed by atoms with Crippen molar-refractivity contribution < 1.29 is 4.42 Å². The molecule has 256 valence electrons. The highest BCUT2D eigenvalue weighted by molar-refractivity contribution is 6.22. The van der Waals surface area contributed by atoms with Crippen molar-refractivity contribution in [3.63, 3.8) is 0 Å². The van der Waals surface area contributed by atoms with Gasteiger partial charge in [0.2, 0.25) is 0 Å². The molecule has 2 heterocycles. The van der Waals surface area contributed by atoms with Crippen molar-refractivity contribution in [3.8, 4) is 73.4 Å². The van der Waals surface area contributed by atoms with Gasteiger partial charge in [0.25, 0.3) is 0 Å². The fourth-order valence-corrected chi connectivity index (χ4v) is 7.62. The molecule has 0 saturated carbocycles. The smallest absolute Gasteiger partial charge is 0.160 e. The number of fused-ring (bicyclic) bond motifs is 5. The van der Waals surface area contributed by atoms with Crippen LogP contribution in [0.3, 0.4) is 0 Å². The van der Waals surface area contributed by atoms with Crippen LogP contribution in [0.15, 0.2) is 192 Å². The Morgan fingerprint density at radius 1 is 0.400 bits per heavy atom. The first-order chi connectivity index (χ1) is 27.2. The molecule has 0 spiro atoms. The maximum Gasteiger partial charge on any atom is 0.160 e. The number of benzene rings is 8. The minimum absolute atomic E-state index is 0.638. The molecule has 0 amide bonds. The van der Waals surface area contributed by atoms with Gasteiger partial charge in [0, 0.05) is 32.8 Å². The highest BCUT2D eigenvalue weighted by atomic mass is 16.3. The van der Waals surface area contributed by atoms with Crippen molar-refractivity contribution in [1.82, 2.24) is 9.97 Å². The third-order valence-electron chi connectivity index (χ3n) is 10.3. The van der Waals surface area contributed by atoms with E-state index in [4.69, 9.17) is 14.4 Å². The van der Waals surface area contributed by atoms with Gasteiger partial charge in [-0.15, -0.1) is 0 Å². The van der Waals surface area contributed by atoms with Crippen LogP contribution in [-0.4, -0.2) is 9.97 Å². The Morgan fingerprint density at radius 3 is 1.71 bits per heavy atom. The summed E-state index contributed by atoms with van der Waals surface area (Å²) < 4.78 is 6.61. The van der Waals surface area contributed by atoms with E-state index < -0.39 is 0 Å². The lowest BCUT2D eigenvalue weighted by Gasteiger charge is -2.12. The molecule has 10 aromatic rings. The number of hydrogen-bond acceptors (Lipinski definition) is 4. The maximum absolute atomic E-state index is 9.39. The largest absolute Gasteiger partial charge is 0.455 e. The lowest BCUT2D eigenvalue weighted by Crippen LogP contribution is -1.95. The van der Waals surface area contributed by atoms with E-state index in [1.165, 1.54) is 0 Å². The van der Waals surface area contributed by atoms with E-state index in [-0.39, 0.29) is 0 Å². The molecule has 0 fully saturated rings. The van der Waals surface area contributed by atoms with Gasteiger partial charge in [0.05, 0.1) is 23.0 Å². The Balaban J connectivity index is 1.06. The Hall–Kier alpha value is -7.61. The minimum Gasteiger partial charge on any atom is -0.455 e. The van der Waals surface area contributed by atoms with Gasteiger partial charge >= 0.3 is 0 Å². The van der Waals surface area contributed by atoms with E-state index in [1.54, 1.807) is 0 Å². The molecule has 2 aromatic heterocycles. The van der Waals surface area contributed by atoms with Gasteiger partial charge in [-0.2, -0.15) is 5.26 Å². The molecule has 0 aliphatic heterocycles. The third kappa shape index (κ3) is 5.81. The summed E-state index contributed by atoms with van der Waals surface area (Å²) in [7, 11) is 0. The Morgan fingerprint density at radius 2 is 0.982 bits per heavy atom. The van der Waals surface area contributed by atoms with Gasteiger partial charge in [-0.05, 0) is 75.2 Å². The van der Waals surface area contributed by atoms with Crippen molar-refractivity contribution >= 4 is 32.7 Å². The van der Waals surface area contributed by atoms with Gasteiger partial charge in [0.15, 0.2) is 5.82 Å². The number of rotatable bonds is 6. The number of hydrogen-bond donors (Lipinski definition) is 0. The highest BCUT2D eigenvalue weighted by Crippen LogP contribution is 2.43. The molecule has 10 rings (SSSR count). The zero-order valence-corrected chi connectivity index (χ0v) is 29.6. The lowest BCUT2D eigenvalue weighted by atomic mass is 9.92. The summed E-state index contributed by atoms with van der Waals surface area (Å²) in [5.74, 6) is 0.701. The van der Waals surface area contributed by atoms with Gasteiger partial charge in [-0.1, -0.05) is 152 Å². The van der Waals surface area contributed by atoms with Crippen LogP contribution in [0.4, 0.5) is 0 Å². The van der Waals surface area contributed by atoms with Crippen molar-refractivity contribution in [1.29, 1.82) is 5.26 Å². The zero-order chi connectivity index (χ0) is 36.7. The van der Waals surface area contributed by atoms with Crippen LogP contribution in [0.25, 0.3) is 100.0 Å². The second-order valence-electron chi connectivity index (χ2n) is 13.7. The van der Waals surface area contributed by atoms with E-state index >= 15 is 0 Å². The normalized spacial score (nSPS) is 11.3. The third-order valence-corrected chi connectivity index (χ3v) is 10.3. The molecule has 0 bridgehead atoms. The van der Waals surface area contributed by atoms with Gasteiger partial charge in [0.1, 0.15) is 11.2 Å². The highest BCUT2D eigenvalue weighted by Gasteiger charge is 2.18. The average Bonchev–Trinajstić information content (AvgIpc) is 3.66. The summed E-state index contributed by atoms with van der Waals surface area (Å²) in [6, 6.07) is 66.8. The van der Waals surface area contributed by atoms with Crippen LogP contribution in [0.5, 0.6) is 0 Å². The second kappa shape index (κ2) is 13.4. The number of nitrogens with zero attached hydrogens (tertiary/aromatic N) is 3. The molecule has 0 aliphatic rings. The number of furan rings is 1. The molecule has 0 unspecified atom stereocenters. The van der Waals surface area contributed by atoms with Crippen molar-refractivity contribution in [2.24, 2.45) is 0 Å². The first-order valence-electron chi connectivity index (χ1n) is 18.3. The molecule has 0 atom stereocenters. The van der Waals surface area contributed by atoms with E-state index in [0.29, 0.717) is 11.4 Å². The van der Waals surface area contributed by atoms with Crippen LogP contribution < -0.4 is 0 Å². The quantitative estimate of drug-likeness (QED) is 0.173. The maximum atomic E-state index is 9.39. The number of nitriles is 1. The SMILES string of the molecule is N#Cc1ccc(-c2cccc3oc4c5ccccc5c(-c5cccc(-c6ccc(-c7cc(-c8ccccc8)nc(-c8ccccc8)n7)cc6)c5)cc4c23)cc1.